The van der Waals surface area contributed by atoms with E-state index in [0.717, 1.165) is 16.7 Å². The van der Waals surface area contributed by atoms with E-state index in [1.165, 1.54) is 0 Å². The summed E-state index contributed by atoms with van der Waals surface area (Å²) < 4.78 is 16.8. The molecule has 3 aromatic rings. The molecule has 33 heavy (non-hydrogen) atoms. The van der Waals surface area contributed by atoms with Crippen LogP contribution in [0.2, 0.25) is 0 Å². The predicted octanol–water partition coefficient (Wildman–Crippen LogP) is 4.08. The van der Waals surface area contributed by atoms with Gasteiger partial charge in [-0.1, -0.05) is 17.7 Å². The highest BCUT2D eigenvalue weighted by atomic mass is 16.5. The van der Waals surface area contributed by atoms with E-state index in [0.29, 0.717) is 54.8 Å². The maximum atomic E-state index is 13.3. The lowest BCUT2D eigenvalue weighted by Crippen LogP contribution is -2.32. The van der Waals surface area contributed by atoms with E-state index in [-0.39, 0.29) is 11.7 Å². The van der Waals surface area contributed by atoms with Crippen molar-refractivity contribution in [3.8, 4) is 28.5 Å². The molecule has 1 aliphatic rings. The van der Waals surface area contributed by atoms with Gasteiger partial charge in [-0.3, -0.25) is 9.89 Å². The number of fused-ring (bicyclic) bond motifs is 1. The molecule has 0 unspecified atom stereocenters. The van der Waals surface area contributed by atoms with Crippen molar-refractivity contribution in [2.75, 3.05) is 33.5 Å². The number of carbonyl (C=O) groups is 1. The molecule has 1 aliphatic heterocycles. The first-order valence-electron chi connectivity index (χ1n) is 11.1. The Labute approximate surface area is 193 Å². The first kappa shape index (κ1) is 22.7. The van der Waals surface area contributed by atoms with Crippen LogP contribution in [0.1, 0.15) is 47.1 Å². The van der Waals surface area contributed by atoms with Crippen molar-refractivity contribution in [1.82, 2.24) is 15.1 Å². The lowest BCUT2D eigenvalue weighted by molar-refractivity contribution is 0.0677. The number of methoxy groups -OCH3 is 1. The van der Waals surface area contributed by atoms with Gasteiger partial charge < -0.3 is 24.2 Å². The van der Waals surface area contributed by atoms with Crippen LogP contribution in [-0.4, -0.2) is 59.6 Å². The summed E-state index contributed by atoms with van der Waals surface area (Å²) in [7, 11) is 1.61. The molecule has 0 fully saturated rings. The molecule has 0 bridgehead atoms. The highest BCUT2D eigenvalue weighted by Crippen LogP contribution is 2.46. The summed E-state index contributed by atoms with van der Waals surface area (Å²) in [4.78, 5) is 15.1. The number of aryl methyl sites for hydroxylation is 1. The van der Waals surface area contributed by atoms with E-state index >= 15 is 0 Å². The number of hydrogen-bond donors (Lipinski definition) is 2. The average molecular weight is 452 g/mol. The Morgan fingerprint density at radius 2 is 1.85 bits per heavy atom. The van der Waals surface area contributed by atoms with Crippen LogP contribution in [0, 0.1) is 6.92 Å². The zero-order chi connectivity index (χ0) is 23.5. The number of aromatic nitrogens is 2. The second-order valence-corrected chi connectivity index (χ2v) is 7.85. The van der Waals surface area contributed by atoms with Crippen LogP contribution in [0.3, 0.4) is 0 Å². The Morgan fingerprint density at radius 1 is 1.09 bits per heavy atom. The van der Waals surface area contributed by atoms with E-state index in [2.05, 4.69) is 10.2 Å². The van der Waals surface area contributed by atoms with E-state index in [9.17, 15) is 9.90 Å². The fourth-order valence-corrected chi connectivity index (χ4v) is 4.25. The van der Waals surface area contributed by atoms with Crippen LogP contribution < -0.4 is 9.47 Å². The van der Waals surface area contributed by atoms with Crippen molar-refractivity contribution >= 4 is 5.91 Å². The lowest BCUT2D eigenvalue weighted by atomic mass is 9.95. The number of carbonyl (C=O) groups excluding carboxylic acids is 1. The van der Waals surface area contributed by atoms with Crippen LogP contribution in [0.4, 0.5) is 0 Å². The molecule has 2 aromatic carbocycles. The number of aromatic amines is 1. The number of nitrogens with one attached hydrogen (secondary N) is 1. The molecule has 8 nitrogen and oxygen atoms in total. The van der Waals surface area contributed by atoms with Crippen molar-refractivity contribution in [3.63, 3.8) is 0 Å². The molecular formula is C25H29N3O5. The topological polar surface area (TPSA) is 96.9 Å². The number of phenolic OH excluding ortho intramolecular Hbond substituents is 1. The van der Waals surface area contributed by atoms with Crippen molar-refractivity contribution in [2.45, 2.75) is 26.8 Å². The SMILES string of the molecule is CCOc1ccc([C@H]2c3c(-c4cc(C)ccc4O)n[nH]c3C(=O)N2CCOC)cc1OCC. The monoisotopic (exact) mass is 451 g/mol. The minimum Gasteiger partial charge on any atom is -0.507 e. The second-order valence-electron chi connectivity index (χ2n) is 7.85. The van der Waals surface area contributed by atoms with Crippen LogP contribution in [-0.2, 0) is 4.74 Å². The van der Waals surface area contributed by atoms with Gasteiger partial charge in [0.1, 0.15) is 17.1 Å². The minimum atomic E-state index is -0.425. The molecule has 0 aliphatic carbocycles. The fraction of sp³-hybridized carbons (Fsp3) is 0.360. The fourth-order valence-electron chi connectivity index (χ4n) is 4.25. The van der Waals surface area contributed by atoms with Gasteiger partial charge in [-0.2, -0.15) is 5.10 Å². The molecule has 0 spiro atoms. The quantitative estimate of drug-likeness (QED) is 0.509. The summed E-state index contributed by atoms with van der Waals surface area (Å²) in [5, 5.41) is 17.9. The van der Waals surface area contributed by atoms with Crippen molar-refractivity contribution in [3.05, 3.63) is 58.8 Å². The van der Waals surface area contributed by atoms with Crippen molar-refractivity contribution in [2.24, 2.45) is 0 Å². The zero-order valence-electron chi connectivity index (χ0n) is 19.3. The predicted molar refractivity (Wildman–Crippen MR) is 124 cm³/mol. The van der Waals surface area contributed by atoms with Gasteiger partial charge in [-0.25, -0.2) is 0 Å². The third-order valence-electron chi connectivity index (χ3n) is 5.69. The second kappa shape index (κ2) is 9.54. The van der Waals surface area contributed by atoms with Crippen molar-refractivity contribution in [1.29, 1.82) is 0 Å². The molecule has 174 valence electrons. The van der Waals surface area contributed by atoms with E-state index < -0.39 is 6.04 Å². The molecule has 0 saturated heterocycles. The highest BCUT2D eigenvalue weighted by molar-refractivity contribution is 6.00. The molecule has 0 saturated carbocycles. The molecule has 0 radical (unpaired) electrons. The molecule has 1 amide bonds. The van der Waals surface area contributed by atoms with Crippen LogP contribution in [0.15, 0.2) is 36.4 Å². The maximum absolute atomic E-state index is 13.3. The van der Waals surface area contributed by atoms with Crippen LogP contribution in [0.5, 0.6) is 17.2 Å². The van der Waals surface area contributed by atoms with Gasteiger partial charge in [0.15, 0.2) is 11.5 Å². The number of phenols is 1. The van der Waals surface area contributed by atoms with Gasteiger partial charge in [0, 0.05) is 24.8 Å². The first-order chi connectivity index (χ1) is 16.0. The number of H-pyrrole nitrogens is 1. The molecule has 1 atom stereocenters. The Bertz CT molecular complexity index is 1160. The van der Waals surface area contributed by atoms with Gasteiger partial charge in [-0.15, -0.1) is 0 Å². The van der Waals surface area contributed by atoms with Gasteiger partial charge in [0.25, 0.3) is 5.91 Å². The third kappa shape index (κ3) is 4.14. The highest BCUT2D eigenvalue weighted by Gasteiger charge is 2.42. The molecule has 1 aromatic heterocycles. The summed E-state index contributed by atoms with van der Waals surface area (Å²) in [6.07, 6.45) is 0. The molecule has 2 N–H and O–H groups in total. The number of ether oxygens (including phenoxy) is 3. The molecule has 4 rings (SSSR count). The lowest BCUT2D eigenvalue weighted by Gasteiger charge is -2.27. The summed E-state index contributed by atoms with van der Waals surface area (Å²) in [6.45, 7) is 7.58. The van der Waals surface area contributed by atoms with Gasteiger partial charge in [0.05, 0.1) is 25.9 Å². The van der Waals surface area contributed by atoms with Crippen LogP contribution in [0.25, 0.3) is 11.3 Å². The van der Waals surface area contributed by atoms with Gasteiger partial charge in [-0.05, 0) is 50.6 Å². The smallest absolute Gasteiger partial charge is 0.273 e. The first-order valence-corrected chi connectivity index (χ1v) is 11.1. The van der Waals surface area contributed by atoms with Gasteiger partial charge in [0.2, 0.25) is 0 Å². The minimum absolute atomic E-state index is 0.109. The summed E-state index contributed by atoms with van der Waals surface area (Å²) in [5.74, 6) is 1.22. The van der Waals surface area contributed by atoms with Gasteiger partial charge >= 0.3 is 0 Å². The Morgan fingerprint density at radius 3 is 2.58 bits per heavy atom. The normalized spacial score (nSPS) is 15.1. The number of aromatic hydroxyl groups is 1. The number of benzene rings is 2. The Hall–Kier alpha value is -3.52. The number of amides is 1. The summed E-state index contributed by atoms with van der Waals surface area (Å²) in [5.41, 5.74) is 4.12. The van der Waals surface area contributed by atoms with E-state index in [1.54, 1.807) is 18.1 Å². The summed E-state index contributed by atoms with van der Waals surface area (Å²) in [6, 6.07) is 10.6. The average Bonchev–Trinajstić information content (AvgIpc) is 3.34. The van der Waals surface area contributed by atoms with Crippen LogP contribution >= 0.6 is 0 Å². The Balaban J connectivity index is 1.88. The van der Waals surface area contributed by atoms with Crippen molar-refractivity contribution < 1.29 is 24.1 Å². The Kier molecular flexibility index (Phi) is 6.55. The van der Waals surface area contributed by atoms with E-state index in [1.807, 2.05) is 51.1 Å². The standard InChI is InChI=1S/C25H29N3O5/c1-5-32-19-10-8-16(14-20(19)33-6-2)24-21-22(17-13-15(3)7-9-18(17)29)26-27-23(21)25(30)28(24)11-12-31-4/h7-10,13-14,24,29H,5-6,11-12H2,1-4H3,(H,26,27)/t24-/m0/s1. The third-order valence-corrected chi connectivity index (χ3v) is 5.69. The number of hydrogen-bond acceptors (Lipinski definition) is 6. The molecule has 8 heteroatoms. The number of rotatable bonds is 9. The van der Waals surface area contributed by atoms with E-state index in [4.69, 9.17) is 14.2 Å². The largest absolute Gasteiger partial charge is 0.507 e. The molecular weight excluding hydrogens is 422 g/mol. The number of nitrogens with zero attached hydrogens (tertiary/aromatic N) is 2. The summed E-state index contributed by atoms with van der Waals surface area (Å²) >= 11 is 0. The maximum Gasteiger partial charge on any atom is 0.273 e. The molecule has 2 heterocycles. The zero-order valence-corrected chi connectivity index (χ0v) is 19.3.